The van der Waals surface area contributed by atoms with Crippen molar-refractivity contribution < 1.29 is 9.18 Å². The van der Waals surface area contributed by atoms with Crippen molar-refractivity contribution in [3.8, 4) is 0 Å². The van der Waals surface area contributed by atoms with E-state index in [0.29, 0.717) is 35.4 Å². The third kappa shape index (κ3) is 3.55. The number of hydrogen-bond acceptors (Lipinski definition) is 5. The maximum Gasteiger partial charge on any atom is 0.257 e. The van der Waals surface area contributed by atoms with Gasteiger partial charge in [0.1, 0.15) is 17.2 Å². The van der Waals surface area contributed by atoms with E-state index in [2.05, 4.69) is 21.1 Å². The van der Waals surface area contributed by atoms with Crippen molar-refractivity contribution in [3.05, 3.63) is 59.3 Å². The molecule has 164 valence electrons. The first kappa shape index (κ1) is 20.4. The van der Waals surface area contributed by atoms with Crippen LogP contribution in [0.3, 0.4) is 0 Å². The monoisotopic (exact) mass is 432 g/mol. The lowest BCUT2D eigenvalue weighted by molar-refractivity contribution is 0.0736. The fraction of sp³-hybridized carbons (Fsp3) is 0.333. The second-order valence-corrected chi connectivity index (χ2v) is 8.46. The summed E-state index contributed by atoms with van der Waals surface area (Å²) >= 11 is 0. The van der Waals surface area contributed by atoms with Crippen molar-refractivity contribution >= 4 is 33.5 Å². The minimum absolute atomic E-state index is 0.0114. The molecule has 3 heterocycles. The summed E-state index contributed by atoms with van der Waals surface area (Å²) in [5.74, 6) is -0.0770. The average Bonchev–Trinajstić information content (AvgIpc) is 3.55. The highest BCUT2D eigenvalue weighted by atomic mass is 19.1. The van der Waals surface area contributed by atoms with E-state index in [4.69, 9.17) is 5.73 Å². The van der Waals surface area contributed by atoms with Crippen LogP contribution in [0.25, 0.3) is 21.8 Å². The molecule has 0 spiro atoms. The lowest BCUT2D eigenvalue weighted by Crippen LogP contribution is -2.32. The van der Waals surface area contributed by atoms with Gasteiger partial charge in [-0.2, -0.15) is 5.10 Å². The number of aromatic nitrogens is 4. The zero-order chi connectivity index (χ0) is 22.4. The third-order valence-electron chi connectivity index (χ3n) is 6.06. The zero-order valence-corrected chi connectivity index (χ0v) is 18.2. The van der Waals surface area contributed by atoms with E-state index >= 15 is 4.39 Å². The predicted octanol–water partition coefficient (Wildman–Crippen LogP) is 4.17. The van der Waals surface area contributed by atoms with Crippen molar-refractivity contribution in [1.82, 2.24) is 24.6 Å². The van der Waals surface area contributed by atoms with Crippen LogP contribution in [0.4, 0.5) is 10.2 Å². The Bertz CT molecular complexity index is 1330. The van der Waals surface area contributed by atoms with Crippen molar-refractivity contribution in [2.24, 2.45) is 7.05 Å². The number of rotatable bonds is 6. The molecule has 8 heteroatoms. The number of nitrogens with two attached hydrogens (primary N) is 1. The molecule has 1 fully saturated rings. The fourth-order valence-electron chi connectivity index (χ4n) is 4.23. The van der Waals surface area contributed by atoms with Crippen LogP contribution in [-0.4, -0.2) is 37.1 Å². The van der Waals surface area contributed by atoms with Gasteiger partial charge in [0.25, 0.3) is 5.91 Å². The smallest absolute Gasteiger partial charge is 0.257 e. The molecule has 0 saturated heterocycles. The Morgan fingerprint density at radius 3 is 2.75 bits per heavy atom. The third-order valence-corrected chi connectivity index (χ3v) is 6.06. The van der Waals surface area contributed by atoms with Crippen LogP contribution in [0.5, 0.6) is 0 Å². The number of anilines is 1. The Kier molecular flexibility index (Phi) is 5.00. The molecule has 0 aliphatic heterocycles. The minimum Gasteiger partial charge on any atom is -0.382 e. The maximum atomic E-state index is 15.0. The molecule has 7 nitrogen and oxygen atoms in total. The van der Waals surface area contributed by atoms with Gasteiger partial charge < -0.3 is 10.6 Å². The Morgan fingerprint density at radius 2 is 2.06 bits per heavy atom. The molecule has 4 aromatic rings. The van der Waals surface area contributed by atoms with E-state index in [9.17, 15) is 4.79 Å². The number of benzene rings is 1. The summed E-state index contributed by atoms with van der Waals surface area (Å²) in [6, 6.07) is 6.89. The molecule has 0 radical (unpaired) electrons. The van der Waals surface area contributed by atoms with E-state index in [1.165, 1.54) is 24.5 Å². The van der Waals surface area contributed by atoms with Crippen LogP contribution < -0.4 is 5.73 Å². The summed E-state index contributed by atoms with van der Waals surface area (Å²) in [7, 11) is 1.77. The quantitative estimate of drug-likeness (QED) is 0.494. The minimum atomic E-state index is -0.615. The van der Waals surface area contributed by atoms with Crippen molar-refractivity contribution in [2.75, 3.05) is 12.3 Å². The highest BCUT2D eigenvalue weighted by Gasteiger charge is 2.25. The predicted molar refractivity (Wildman–Crippen MR) is 122 cm³/mol. The SMILES string of the molecule is CCCN(Cc1ccc(C2CC2)cn1)C(=O)c1cc2c(cc1F)nc(N)c1c2cnn1C. The molecular weight excluding hydrogens is 407 g/mol. The van der Waals surface area contributed by atoms with E-state index in [0.717, 1.165) is 17.5 Å². The molecule has 1 aromatic carbocycles. The van der Waals surface area contributed by atoms with Crippen LogP contribution in [0.15, 0.2) is 36.7 Å². The van der Waals surface area contributed by atoms with Gasteiger partial charge in [0.2, 0.25) is 0 Å². The second-order valence-electron chi connectivity index (χ2n) is 8.46. The first-order valence-corrected chi connectivity index (χ1v) is 10.9. The van der Waals surface area contributed by atoms with Gasteiger partial charge in [0.05, 0.1) is 29.5 Å². The van der Waals surface area contributed by atoms with Crippen LogP contribution >= 0.6 is 0 Å². The normalized spacial score (nSPS) is 13.7. The van der Waals surface area contributed by atoms with Crippen molar-refractivity contribution in [3.63, 3.8) is 0 Å². The van der Waals surface area contributed by atoms with Gasteiger partial charge in [0.15, 0.2) is 0 Å². The molecule has 0 atom stereocenters. The summed E-state index contributed by atoms with van der Waals surface area (Å²) in [5, 5.41) is 5.63. The standard InChI is InChI=1S/C24H25FN6O/c1-3-8-31(13-16-7-6-15(11-27-16)14-4-5-14)24(32)18-9-17-19-12-28-30(2)22(19)23(26)29-21(17)10-20(18)25/h6-7,9-12,14H,3-5,8,13H2,1-2H3,(H2,26,29). The molecule has 2 N–H and O–H groups in total. The molecule has 1 aliphatic rings. The van der Waals surface area contributed by atoms with Crippen LogP contribution in [0.1, 0.15) is 53.7 Å². The van der Waals surface area contributed by atoms with Crippen LogP contribution in [0.2, 0.25) is 0 Å². The zero-order valence-electron chi connectivity index (χ0n) is 18.2. The summed E-state index contributed by atoms with van der Waals surface area (Å²) < 4.78 is 16.7. The molecule has 32 heavy (non-hydrogen) atoms. The average molecular weight is 433 g/mol. The lowest BCUT2D eigenvalue weighted by Gasteiger charge is -2.22. The van der Waals surface area contributed by atoms with E-state index in [-0.39, 0.29) is 17.3 Å². The number of nitrogens with zero attached hydrogens (tertiary/aromatic N) is 5. The maximum absolute atomic E-state index is 15.0. The van der Waals surface area contributed by atoms with Gasteiger partial charge in [-0.1, -0.05) is 13.0 Å². The van der Waals surface area contributed by atoms with Crippen molar-refractivity contribution in [1.29, 1.82) is 0 Å². The van der Waals surface area contributed by atoms with Gasteiger partial charge in [0, 0.05) is 36.6 Å². The molecule has 1 saturated carbocycles. The van der Waals surface area contributed by atoms with E-state index < -0.39 is 5.82 Å². The number of carbonyl (C=O) groups excluding carboxylic acids is 1. The second kappa shape index (κ2) is 7.85. The highest BCUT2D eigenvalue weighted by molar-refractivity contribution is 6.10. The number of amides is 1. The number of pyridine rings is 2. The highest BCUT2D eigenvalue weighted by Crippen LogP contribution is 2.39. The Balaban J connectivity index is 1.51. The van der Waals surface area contributed by atoms with E-state index in [1.54, 1.807) is 28.9 Å². The van der Waals surface area contributed by atoms with Crippen molar-refractivity contribution in [2.45, 2.75) is 38.6 Å². The summed E-state index contributed by atoms with van der Waals surface area (Å²) in [6.07, 6.45) is 6.75. The molecule has 5 rings (SSSR count). The Hall–Kier alpha value is -3.55. The number of halogens is 1. The van der Waals surface area contributed by atoms with Gasteiger partial charge in [-0.15, -0.1) is 0 Å². The van der Waals surface area contributed by atoms with Gasteiger partial charge in [-0.25, -0.2) is 9.37 Å². The number of aryl methyl sites for hydroxylation is 1. The first-order valence-electron chi connectivity index (χ1n) is 10.9. The molecule has 1 amide bonds. The Morgan fingerprint density at radius 1 is 1.25 bits per heavy atom. The summed E-state index contributed by atoms with van der Waals surface area (Å²) in [5.41, 5.74) is 9.16. The first-order chi connectivity index (χ1) is 15.5. The molecular formula is C24H25FN6O. The largest absolute Gasteiger partial charge is 0.382 e. The Labute approximate surface area is 185 Å². The van der Waals surface area contributed by atoms with Gasteiger partial charge >= 0.3 is 0 Å². The number of fused-ring (bicyclic) bond motifs is 3. The number of nitrogen functional groups attached to an aromatic ring is 1. The lowest BCUT2D eigenvalue weighted by atomic mass is 10.1. The summed E-state index contributed by atoms with van der Waals surface area (Å²) in [6.45, 7) is 2.83. The van der Waals surface area contributed by atoms with E-state index in [1.807, 2.05) is 19.2 Å². The number of hydrogen-bond donors (Lipinski definition) is 1. The van der Waals surface area contributed by atoms with Gasteiger partial charge in [-0.05, 0) is 42.9 Å². The number of carbonyl (C=O) groups is 1. The van der Waals surface area contributed by atoms with Crippen LogP contribution in [-0.2, 0) is 13.6 Å². The molecule has 1 aliphatic carbocycles. The molecule has 0 bridgehead atoms. The summed E-state index contributed by atoms with van der Waals surface area (Å²) in [4.78, 5) is 23.9. The molecule has 0 unspecified atom stereocenters. The fourth-order valence-corrected chi connectivity index (χ4v) is 4.23. The van der Waals surface area contributed by atoms with Crippen LogP contribution in [0, 0.1) is 5.82 Å². The topological polar surface area (TPSA) is 89.9 Å². The molecule has 3 aromatic heterocycles. The van der Waals surface area contributed by atoms with Gasteiger partial charge in [-0.3, -0.25) is 14.5 Å².